The van der Waals surface area contributed by atoms with Crippen molar-refractivity contribution in [1.29, 1.82) is 0 Å². The van der Waals surface area contributed by atoms with Gasteiger partial charge >= 0.3 is 11.9 Å². The summed E-state index contributed by atoms with van der Waals surface area (Å²) in [5.41, 5.74) is -0.344. The van der Waals surface area contributed by atoms with Crippen LogP contribution in [-0.2, 0) is 6.54 Å². The minimum atomic E-state index is -4.61. The number of hydrogen-bond donors (Lipinski definition) is 4. The number of aromatic amines is 2. The molecule has 0 aliphatic rings. The van der Waals surface area contributed by atoms with Gasteiger partial charge in [0, 0.05) is 11.9 Å². The van der Waals surface area contributed by atoms with E-state index in [0.717, 1.165) is 3.79 Å². The Bertz CT molecular complexity index is 1420. The van der Waals surface area contributed by atoms with E-state index in [9.17, 15) is 27.6 Å². The molecule has 2 amide bonds. The molecule has 4 rings (SSSR count). The van der Waals surface area contributed by atoms with Gasteiger partial charge in [0.05, 0.1) is 30.8 Å². The zero-order valence-corrected chi connectivity index (χ0v) is 18.7. The van der Waals surface area contributed by atoms with Crippen molar-refractivity contribution in [3.8, 4) is 0 Å². The number of rotatable bonds is 5. The van der Waals surface area contributed by atoms with Crippen LogP contribution in [0.3, 0.4) is 0 Å². The molecule has 13 heteroatoms. The number of benzene rings is 1. The number of H-pyrrole nitrogens is 2. The van der Waals surface area contributed by atoms with E-state index in [-0.39, 0.29) is 27.8 Å². The van der Waals surface area contributed by atoms with E-state index < -0.39 is 30.2 Å². The Morgan fingerprint density at radius 2 is 1.91 bits per heavy atom. The van der Waals surface area contributed by atoms with E-state index in [1.165, 1.54) is 23.5 Å². The number of amides is 2. The molecule has 0 aliphatic carbocycles. The monoisotopic (exact) mass is 529 g/mol. The molecule has 32 heavy (non-hydrogen) atoms. The minimum absolute atomic E-state index is 0.00978. The highest BCUT2D eigenvalue weighted by molar-refractivity contribution is 9.11. The Kier molecular flexibility index (Phi) is 5.63. The second-order valence-corrected chi connectivity index (χ2v) is 9.30. The summed E-state index contributed by atoms with van der Waals surface area (Å²) in [6.45, 7) is 0.524. The molecule has 0 unspecified atom stereocenters. The maximum Gasteiger partial charge on any atom is 0.406 e. The van der Waals surface area contributed by atoms with Gasteiger partial charge in [-0.25, -0.2) is 4.79 Å². The average Bonchev–Trinajstić information content (AvgIpc) is 3.35. The summed E-state index contributed by atoms with van der Waals surface area (Å²) in [5.74, 6) is -0.892. The molecule has 0 radical (unpaired) electrons. The molecule has 168 valence electrons. The number of hydrogen-bond acceptors (Lipinski definition) is 4. The normalized spacial score (nSPS) is 11.9. The number of nitrogens with zero attached hydrogens (tertiary/aromatic N) is 1. The van der Waals surface area contributed by atoms with E-state index in [1.807, 2.05) is 0 Å². The first-order valence-corrected chi connectivity index (χ1v) is 10.9. The van der Waals surface area contributed by atoms with Crippen molar-refractivity contribution in [3.05, 3.63) is 49.0 Å². The van der Waals surface area contributed by atoms with Gasteiger partial charge in [-0.05, 0) is 47.1 Å². The lowest BCUT2D eigenvalue weighted by molar-refractivity contribution is -0.140. The summed E-state index contributed by atoms with van der Waals surface area (Å²) < 4.78 is 40.2. The first-order valence-electron chi connectivity index (χ1n) is 9.27. The fraction of sp³-hybridized carbons (Fsp3) is 0.211. The molecule has 4 aromatic rings. The fourth-order valence-electron chi connectivity index (χ4n) is 3.37. The van der Waals surface area contributed by atoms with Crippen LogP contribution in [0.15, 0.2) is 32.8 Å². The van der Waals surface area contributed by atoms with E-state index in [1.54, 1.807) is 19.1 Å². The van der Waals surface area contributed by atoms with Gasteiger partial charge in [0.1, 0.15) is 12.4 Å². The highest BCUT2D eigenvalue weighted by Gasteiger charge is 2.30. The Morgan fingerprint density at radius 1 is 1.16 bits per heavy atom. The molecule has 0 spiro atoms. The van der Waals surface area contributed by atoms with Crippen molar-refractivity contribution in [2.75, 3.05) is 11.9 Å². The molecule has 0 saturated heterocycles. The largest absolute Gasteiger partial charge is 0.406 e. The third kappa shape index (κ3) is 4.17. The number of nitrogens with one attached hydrogen (secondary N) is 4. The number of thiophene rings is 1. The summed E-state index contributed by atoms with van der Waals surface area (Å²) in [4.78, 5) is 43.2. The number of halogens is 4. The second-order valence-electron chi connectivity index (χ2n) is 6.84. The molecular weight excluding hydrogens is 515 g/mol. The molecule has 0 bridgehead atoms. The van der Waals surface area contributed by atoms with Gasteiger partial charge in [-0.3, -0.25) is 14.2 Å². The van der Waals surface area contributed by atoms with Crippen molar-refractivity contribution < 1.29 is 22.8 Å². The van der Waals surface area contributed by atoms with Crippen LogP contribution < -0.4 is 16.3 Å². The Morgan fingerprint density at radius 3 is 2.53 bits per heavy atom. The van der Waals surface area contributed by atoms with Crippen molar-refractivity contribution in [2.45, 2.75) is 19.6 Å². The summed E-state index contributed by atoms with van der Waals surface area (Å²) in [6.07, 6.45) is -4.61. The van der Waals surface area contributed by atoms with E-state index in [2.05, 4.69) is 36.5 Å². The number of carbonyl (C=O) groups excluding carboxylic acids is 2. The van der Waals surface area contributed by atoms with Gasteiger partial charge in [-0.1, -0.05) is 0 Å². The number of imidazole rings is 1. The molecule has 8 nitrogen and oxygen atoms in total. The van der Waals surface area contributed by atoms with E-state index in [0.29, 0.717) is 21.5 Å². The van der Waals surface area contributed by atoms with Crippen LogP contribution >= 0.6 is 27.3 Å². The van der Waals surface area contributed by atoms with E-state index >= 15 is 0 Å². The zero-order chi connectivity index (χ0) is 23.2. The summed E-state index contributed by atoms with van der Waals surface area (Å²) in [7, 11) is 0. The van der Waals surface area contributed by atoms with Crippen molar-refractivity contribution in [1.82, 2.24) is 19.9 Å². The van der Waals surface area contributed by atoms with E-state index in [4.69, 9.17) is 0 Å². The number of carbonyl (C=O) groups is 2. The highest BCUT2D eigenvalue weighted by Crippen LogP contribution is 2.31. The first-order chi connectivity index (χ1) is 15.1. The van der Waals surface area contributed by atoms with Crippen molar-refractivity contribution >= 4 is 66.8 Å². The quantitative estimate of drug-likeness (QED) is 0.311. The molecular formula is C19H15BrF3N5O3S. The SMILES string of the molecule is CCNC(=O)c1c(NC(=O)c2ccc(Br)s2)[nH]c2cc3[nH]c(=O)n(CC(F)(F)F)c3cc12. The minimum Gasteiger partial charge on any atom is -0.352 e. The zero-order valence-electron chi connectivity index (χ0n) is 16.3. The Labute approximate surface area is 189 Å². The summed E-state index contributed by atoms with van der Waals surface area (Å²) in [5, 5.41) is 5.55. The van der Waals surface area contributed by atoms with Gasteiger partial charge in [-0.2, -0.15) is 13.2 Å². The van der Waals surface area contributed by atoms with Crippen LogP contribution in [-0.4, -0.2) is 39.1 Å². The molecule has 4 N–H and O–H groups in total. The molecule has 3 aromatic heterocycles. The molecule has 0 atom stereocenters. The number of fused-ring (bicyclic) bond motifs is 2. The van der Waals surface area contributed by atoms with Gasteiger partial charge < -0.3 is 20.6 Å². The maximum absolute atomic E-state index is 13.0. The van der Waals surface area contributed by atoms with Gasteiger partial charge in [0.25, 0.3) is 11.8 Å². The average molecular weight is 530 g/mol. The topological polar surface area (TPSA) is 112 Å². The van der Waals surface area contributed by atoms with Crippen LogP contribution in [0.4, 0.5) is 19.0 Å². The first kappa shape index (κ1) is 22.1. The molecule has 3 heterocycles. The third-order valence-electron chi connectivity index (χ3n) is 4.63. The number of aromatic nitrogens is 3. The van der Waals surface area contributed by atoms with Crippen LogP contribution in [0.1, 0.15) is 27.0 Å². The molecule has 0 fully saturated rings. The molecule has 0 saturated carbocycles. The second kappa shape index (κ2) is 8.13. The van der Waals surface area contributed by atoms with Crippen LogP contribution in [0, 0.1) is 0 Å². The summed E-state index contributed by atoms with van der Waals surface area (Å²) in [6, 6.07) is 6.07. The van der Waals surface area contributed by atoms with Crippen molar-refractivity contribution in [2.24, 2.45) is 0 Å². The number of anilines is 1. The van der Waals surface area contributed by atoms with Gasteiger partial charge in [0.15, 0.2) is 0 Å². The predicted octanol–water partition coefficient (Wildman–Crippen LogP) is 4.20. The van der Waals surface area contributed by atoms with Crippen LogP contribution in [0.2, 0.25) is 0 Å². The smallest absolute Gasteiger partial charge is 0.352 e. The highest BCUT2D eigenvalue weighted by atomic mass is 79.9. The number of alkyl halides is 3. The van der Waals surface area contributed by atoms with Gasteiger partial charge in [0.2, 0.25) is 0 Å². The van der Waals surface area contributed by atoms with Crippen molar-refractivity contribution in [3.63, 3.8) is 0 Å². The lowest BCUT2D eigenvalue weighted by atomic mass is 10.1. The van der Waals surface area contributed by atoms with Crippen LogP contribution in [0.5, 0.6) is 0 Å². The lowest BCUT2D eigenvalue weighted by Gasteiger charge is -2.08. The standard InChI is InChI=1S/C19H15BrF3N5O3S/c1-2-24-17(30)14-8-5-11-10(26-18(31)28(11)7-19(21,22)23)6-9(8)25-15(14)27-16(29)12-3-4-13(20)32-12/h3-6,25H,2,7H2,1H3,(H,24,30)(H,26,31)(H,27,29). The summed E-state index contributed by atoms with van der Waals surface area (Å²) >= 11 is 4.48. The Balaban J connectivity index is 1.87. The third-order valence-corrected chi connectivity index (χ3v) is 6.25. The maximum atomic E-state index is 13.0. The van der Waals surface area contributed by atoms with Gasteiger partial charge in [-0.15, -0.1) is 11.3 Å². The van der Waals surface area contributed by atoms with Crippen LogP contribution in [0.25, 0.3) is 21.9 Å². The molecule has 0 aliphatic heterocycles. The Hall–Kier alpha value is -3.06. The molecule has 1 aromatic carbocycles. The fourth-order valence-corrected chi connectivity index (χ4v) is 4.65. The predicted molar refractivity (Wildman–Crippen MR) is 118 cm³/mol. The lowest BCUT2D eigenvalue weighted by Crippen LogP contribution is -2.26.